The molecule has 4 rings (SSSR count). The number of amides is 1. The number of carbonyl (C=O) groups is 1. The quantitative estimate of drug-likeness (QED) is 0.728. The highest BCUT2D eigenvalue weighted by Gasteiger charge is 2.24. The second kappa shape index (κ2) is 6.00. The molecular formula is C19H20N4O. The fourth-order valence-corrected chi connectivity index (χ4v) is 3.35. The monoisotopic (exact) mass is 320 g/mol. The van der Waals surface area contributed by atoms with Crippen LogP contribution in [-0.4, -0.2) is 46.5 Å². The minimum Gasteiger partial charge on any atom is -0.366 e. The van der Waals surface area contributed by atoms with Crippen molar-refractivity contribution in [2.24, 2.45) is 7.05 Å². The number of hydrogen-bond donors (Lipinski definition) is 0. The van der Waals surface area contributed by atoms with E-state index in [4.69, 9.17) is 0 Å². The molecule has 0 atom stereocenters. The van der Waals surface area contributed by atoms with E-state index < -0.39 is 0 Å². The summed E-state index contributed by atoms with van der Waals surface area (Å²) in [5.41, 5.74) is 1.90. The number of pyridine rings is 1. The fourth-order valence-electron chi connectivity index (χ4n) is 3.35. The van der Waals surface area contributed by atoms with Crippen molar-refractivity contribution in [2.75, 3.05) is 31.1 Å². The lowest BCUT2D eigenvalue weighted by molar-refractivity contribution is 0.0737. The number of aryl methyl sites for hydroxylation is 1. The van der Waals surface area contributed by atoms with Crippen LogP contribution < -0.4 is 4.90 Å². The lowest BCUT2D eigenvalue weighted by Gasteiger charge is -2.36. The summed E-state index contributed by atoms with van der Waals surface area (Å²) in [6, 6.07) is 12.1. The average Bonchev–Trinajstić information content (AvgIpc) is 3.07. The predicted octanol–water partition coefficient (Wildman–Crippen LogP) is 2.54. The Labute approximate surface area is 141 Å². The number of hydrogen-bond acceptors (Lipinski definition) is 3. The highest BCUT2D eigenvalue weighted by Crippen LogP contribution is 2.26. The van der Waals surface area contributed by atoms with E-state index in [1.165, 1.54) is 5.39 Å². The van der Waals surface area contributed by atoms with Crippen molar-refractivity contribution in [1.29, 1.82) is 0 Å². The van der Waals surface area contributed by atoms with Gasteiger partial charge in [0.25, 0.3) is 5.91 Å². The molecule has 3 heterocycles. The maximum Gasteiger partial charge on any atom is 0.270 e. The largest absolute Gasteiger partial charge is 0.366 e. The molecule has 5 heteroatoms. The van der Waals surface area contributed by atoms with E-state index in [9.17, 15) is 4.79 Å². The number of fused-ring (bicyclic) bond motifs is 1. The summed E-state index contributed by atoms with van der Waals surface area (Å²) in [5.74, 6) is 0.109. The minimum atomic E-state index is 0.109. The van der Waals surface area contributed by atoms with Crippen LogP contribution in [0.5, 0.6) is 0 Å². The first kappa shape index (κ1) is 14.8. The van der Waals surface area contributed by atoms with Crippen LogP contribution in [0.1, 0.15) is 10.5 Å². The van der Waals surface area contributed by atoms with E-state index >= 15 is 0 Å². The molecule has 24 heavy (non-hydrogen) atoms. The first-order valence-corrected chi connectivity index (χ1v) is 8.22. The Morgan fingerprint density at radius 1 is 1.00 bits per heavy atom. The van der Waals surface area contributed by atoms with Crippen LogP contribution in [-0.2, 0) is 7.05 Å². The second-order valence-corrected chi connectivity index (χ2v) is 6.16. The Kier molecular flexibility index (Phi) is 3.69. The van der Waals surface area contributed by atoms with Gasteiger partial charge in [0.2, 0.25) is 0 Å². The third kappa shape index (κ3) is 2.52. The average molecular weight is 320 g/mol. The molecular weight excluding hydrogens is 300 g/mol. The van der Waals surface area contributed by atoms with Crippen LogP contribution in [0.15, 0.2) is 55.0 Å². The summed E-state index contributed by atoms with van der Waals surface area (Å²) < 4.78 is 1.88. The van der Waals surface area contributed by atoms with Crippen LogP contribution in [0, 0.1) is 0 Å². The third-order valence-electron chi connectivity index (χ3n) is 4.72. The lowest BCUT2D eigenvalue weighted by atomic mass is 10.1. The van der Waals surface area contributed by atoms with Crippen molar-refractivity contribution in [2.45, 2.75) is 0 Å². The van der Waals surface area contributed by atoms with Crippen molar-refractivity contribution >= 4 is 22.4 Å². The Morgan fingerprint density at radius 2 is 1.79 bits per heavy atom. The van der Waals surface area contributed by atoms with Crippen LogP contribution in [0.4, 0.5) is 5.69 Å². The van der Waals surface area contributed by atoms with Crippen LogP contribution in [0.2, 0.25) is 0 Å². The van der Waals surface area contributed by atoms with Crippen LogP contribution in [0.3, 0.4) is 0 Å². The van der Waals surface area contributed by atoms with E-state index in [-0.39, 0.29) is 5.91 Å². The van der Waals surface area contributed by atoms with Crippen molar-refractivity contribution < 1.29 is 4.79 Å². The first-order chi connectivity index (χ1) is 11.7. The summed E-state index contributed by atoms with van der Waals surface area (Å²) in [4.78, 5) is 21.2. The van der Waals surface area contributed by atoms with Gasteiger partial charge in [-0.05, 0) is 12.1 Å². The summed E-state index contributed by atoms with van der Waals surface area (Å²) in [5, 5.41) is 2.37. The van der Waals surface area contributed by atoms with Gasteiger partial charge < -0.3 is 14.4 Å². The Bertz CT molecular complexity index is 872. The third-order valence-corrected chi connectivity index (χ3v) is 4.72. The number of anilines is 1. The zero-order valence-corrected chi connectivity index (χ0v) is 13.7. The van der Waals surface area contributed by atoms with Gasteiger partial charge in [-0.3, -0.25) is 9.78 Å². The van der Waals surface area contributed by atoms with Crippen molar-refractivity contribution in [3.05, 3.63) is 60.7 Å². The second-order valence-electron chi connectivity index (χ2n) is 6.16. The van der Waals surface area contributed by atoms with Gasteiger partial charge in [-0.15, -0.1) is 0 Å². The van der Waals surface area contributed by atoms with Gasteiger partial charge in [-0.2, -0.15) is 0 Å². The molecule has 0 aliphatic carbocycles. The van der Waals surface area contributed by atoms with Crippen molar-refractivity contribution in [3.8, 4) is 0 Å². The summed E-state index contributed by atoms with van der Waals surface area (Å²) >= 11 is 0. The van der Waals surface area contributed by atoms with Gasteiger partial charge >= 0.3 is 0 Å². The Balaban J connectivity index is 1.52. The molecule has 1 saturated heterocycles. The first-order valence-electron chi connectivity index (χ1n) is 8.22. The van der Waals surface area contributed by atoms with Crippen molar-refractivity contribution in [3.63, 3.8) is 0 Å². The molecule has 1 aliphatic rings. The topological polar surface area (TPSA) is 41.4 Å². The molecule has 5 nitrogen and oxygen atoms in total. The molecule has 122 valence electrons. The van der Waals surface area contributed by atoms with Gasteiger partial charge in [-0.1, -0.05) is 24.3 Å². The highest BCUT2D eigenvalue weighted by molar-refractivity contribution is 5.94. The molecule has 0 bridgehead atoms. The molecule has 2 aromatic heterocycles. The smallest absolute Gasteiger partial charge is 0.270 e. The Morgan fingerprint density at radius 3 is 2.54 bits per heavy atom. The molecule has 1 amide bonds. The highest BCUT2D eigenvalue weighted by atomic mass is 16.2. The number of piperazine rings is 1. The maximum absolute atomic E-state index is 12.6. The minimum absolute atomic E-state index is 0.109. The zero-order valence-electron chi connectivity index (χ0n) is 13.7. The van der Waals surface area contributed by atoms with E-state index in [1.807, 2.05) is 53.3 Å². The molecule has 1 aromatic carbocycles. The van der Waals surface area contributed by atoms with Gasteiger partial charge in [-0.25, -0.2) is 0 Å². The summed E-state index contributed by atoms with van der Waals surface area (Å²) in [6.45, 7) is 3.11. The van der Waals surface area contributed by atoms with Gasteiger partial charge in [0.1, 0.15) is 5.69 Å². The van der Waals surface area contributed by atoms with Gasteiger partial charge in [0.05, 0.1) is 11.9 Å². The van der Waals surface area contributed by atoms with E-state index in [0.29, 0.717) is 0 Å². The lowest BCUT2D eigenvalue weighted by Crippen LogP contribution is -2.49. The maximum atomic E-state index is 12.6. The van der Waals surface area contributed by atoms with E-state index in [1.54, 1.807) is 0 Å². The van der Waals surface area contributed by atoms with Crippen LogP contribution in [0.25, 0.3) is 10.8 Å². The number of rotatable bonds is 2. The van der Waals surface area contributed by atoms with E-state index in [2.05, 4.69) is 28.1 Å². The summed E-state index contributed by atoms with van der Waals surface area (Å²) in [6.07, 6.45) is 5.73. The predicted molar refractivity (Wildman–Crippen MR) is 95.3 cm³/mol. The number of benzene rings is 1. The van der Waals surface area contributed by atoms with Gasteiger partial charge in [0, 0.05) is 56.4 Å². The fraction of sp³-hybridized carbons (Fsp3) is 0.263. The number of nitrogens with zero attached hydrogens (tertiary/aromatic N) is 4. The molecule has 3 aromatic rings. The van der Waals surface area contributed by atoms with Crippen molar-refractivity contribution in [1.82, 2.24) is 14.5 Å². The molecule has 0 radical (unpaired) electrons. The van der Waals surface area contributed by atoms with E-state index in [0.717, 1.165) is 42.9 Å². The van der Waals surface area contributed by atoms with Crippen LogP contribution >= 0.6 is 0 Å². The zero-order chi connectivity index (χ0) is 16.5. The summed E-state index contributed by atoms with van der Waals surface area (Å²) in [7, 11) is 1.91. The molecule has 0 N–H and O–H groups in total. The molecule has 0 spiro atoms. The normalized spacial score (nSPS) is 15.0. The molecule has 1 fully saturated rings. The Hall–Kier alpha value is -2.82. The SMILES string of the molecule is Cn1cccc1C(=O)N1CCN(c2cncc3ccccc23)CC1. The molecule has 1 aliphatic heterocycles. The van der Waals surface area contributed by atoms with Gasteiger partial charge in [0.15, 0.2) is 0 Å². The standard InChI is InChI=1S/C19H20N4O/c1-21-8-4-7-17(21)19(24)23-11-9-22(10-12-23)18-14-20-13-15-5-2-3-6-16(15)18/h2-8,13-14H,9-12H2,1H3. The molecule has 0 saturated carbocycles. The number of aromatic nitrogens is 2. The molecule has 0 unspecified atom stereocenters. The number of carbonyl (C=O) groups excluding carboxylic acids is 1.